The molecule has 0 fully saturated rings. The average molecular weight is 320 g/mol. The molecule has 0 atom stereocenters. The lowest BCUT2D eigenvalue weighted by Gasteiger charge is -2.26. The fourth-order valence-electron chi connectivity index (χ4n) is 1.95. The average Bonchev–Trinajstić information content (AvgIpc) is 2.44. The van der Waals surface area contributed by atoms with Gasteiger partial charge in [0.15, 0.2) is 0 Å². The molecule has 2 amide bonds. The number of likely N-dealkylation sites (N-methyl/N-ethyl adjacent to an activating group) is 2. The largest absolute Gasteiger partial charge is 0.444 e. The molecule has 1 rings (SSSR count). The van der Waals surface area contributed by atoms with E-state index in [4.69, 9.17) is 4.74 Å². The van der Waals surface area contributed by atoms with E-state index >= 15 is 0 Å². The predicted molar refractivity (Wildman–Crippen MR) is 92.8 cm³/mol. The number of benzene rings is 1. The molecule has 0 unspecified atom stereocenters. The SMILES string of the molecule is CC(C)c1cccc(N(C)C(=O)CN(C)C(=O)OC(C)(C)C)c1. The minimum absolute atomic E-state index is 0.0304. The van der Waals surface area contributed by atoms with Gasteiger partial charge in [0.2, 0.25) is 5.91 Å². The normalized spacial score (nSPS) is 11.3. The van der Waals surface area contributed by atoms with Gasteiger partial charge in [0.25, 0.3) is 0 Å². The summed E-state index contributed by atoms with van der Waals surface area (Å²) in [4.78, 5) is 27.2. The Hall–Kier alpha value is -2.04. The molecule has 0 spiro atoms. The van der Waals surface area contributed by atoms with E-state index in [9.17, 15) is 9.59 Å². The highest BCUT2D eigenvalue weighted by atomic mass is 16.6. The molecule has 0 saturated heterocycles. The topological polar surface area (TPSA) is 49.9 Å². The number of carbonyl (C=O) groups is 2. The number of anilines is 1. The van der Waals surface area contributed by atoms with Crippen molar-refractivity contribution in [1.82, 2.24) is 4.90 Å². The standard InChI is InChI=1S/C18H28N2O3/c1-13(2)14-9-8-10-15(11-14)20(7)16(21)12-19(6)17(22)23-18(3,4)5/h8-11,13H,12H2,1-7H3. The molecule has 0 radical (unpaired) electrons. The summed E-state index contributed by atoms with van der Waals surface area (Å²) < 4.78 is 5.25. The van der Waals surface area contributed by atoms with Crippen LogP contribution in [0.3, 0.4) is 0 Å². The molecule has 0 bridgehead atoms. The number of carbonyl (C=O) groups excluding carboxylic acids is 2. The van der Waals surface area contributed by atoms with Crippen molar-refractivity contribution in [2.75, 3.05) is 25.5 Å². The molecule has 1 aromatic carbocycles. The third-order valence-corrected chi connectivity index (χ3v) is 3.38. The van der Waals surface area contributed by atoms with Gasteiger partial charge in [-0.25, -0.2) is 4.79 Å². The zero-order valence-corrected chi connectivity index (χ0v) is 15.2. The van der Waals surface area contributed by atoms with Crippen molar-refractivity contribution in [3.8, 4) is 0 Å². The third kappa shape index (κ3) is 5.93. The Kier molecular flexibility index (Phi) is 6.19. The zero-order valence-electron chi connectivity index (χ0n) is 15.2. The number of amides is 2. The van der Waals surface area contributed by atoms with Gasteiger partial charge in [0.1, 0.15) is 12.1 Å². The molecule has 128 valence electrons. The molecule has 0 aliphatic heterocycles. The summed E-state index contributed by atoms with van der Waals surface area (Å²) in [5, 5.41) is 0. The Balaban J connectivity index is 2.74. The van der Waals surface area contributed by atoms with Crippen LogP contribution in [-0.2, 0) is 9.53 Å². The first kappa shape index (κ1) is 19.0. The summed E-state index contributed by atoms with van der Waals surface area (Å²) in [5.74, 6) is 0.224. The lowest BCUT2D eigenvalue weighted by atomic mass is 10.0. The Morgan fingerprint density at radius 2 is 1.78 bits per heavy atom. The van der Waals surface area contributed by atoms with Crippen molar-refractivity contribution in [2.24, 2.45) is 0 Å². The number of hydrogen-bond acceptors (Lipinski definition) is 3. The van der Waals surface area contributed by atoms with Gasteiger partial charge in [-0.3, -0.25) is 4.79 Å². The Morgan fingerprint density at radius 3 is 2.30 bits per heavy atom. The second-order valence-electron chi connectivity index (χ2n) is 7.04. The van der Waals surface area contributed by atoms with Crippen molar-refractivity contribution in [1.29, 1.82) is 0 Å². The molecule has 0 aromatic heterocycles. The van der Waals surface area contributed by atoms with Crippen LogP contribution in [0.15, 0.2) is 24.3 Å². The van der Waals surface area contributed by atoms with E-state index in [0.29, 0.717) is 5.92 Å². The third-order valence-electron chi connectivity index (χ3n) is 3.38. The first-order chi connectivity index (χ1) is 10.5. The van der Waals surface area contributed by atoms with Crippen molar-refractivity contribution in [3.05, 3.63) is 29.8 Å². The molecule has 1 aromatic rings. The highest BCUT2D eigenvalue weighted by molar-refractivity contribution is 5.95. The molecule has 5 heteroatoms. The Bertz CT molecular complexity index is 562. The molecule has 0 N–H and O–H groups in total. The fourth-order valence-corrected chi connectivity index (χ4v) is 1.95. The van der Waals surface area contributed by atoms with Gasteiger partial charge < -0.3 is 14.5 Å². The lowest BCUT2D eigenvalue weighted by Crippen LogP contribution is -2.41. The summed E-state index contributed by atoms with van der Waals surface area (Å²) in [5.41, 5.74) is 1.41. The summed E-state index contributed by atoms with van der Waals surface area (Å²) in [6, 6.07) is 7.86. The van der Waals surface area contributed by atoms with Gasteiger partial charge in [-0.05, 0) is 44.4 Å². The smallest absolute Gasteiger partial charge is 0.410 e. The quantitative estimate of drug-likeness (QED) is 0.851. The van der Waals surface area contributed by atoms with Gasteiger partial charge in [-0.1, -0.05) is 26.0 Å². The monoisotopic (exact) mass is 320 g/mol. The van der Waals surface area contributed by atoms with Crippen molar-refractivity contribution in [3.63, 3.8) is 0 Å². The minimum atomic E-state index is -0.577. The van der Waals surface area contributed by atoms with E-state index < -0.39 is 11.7 Å². The second-order valence-corrected chi connectivity index (χ2v) is 7.04. The van der Waals surface area contributed by atoms with Crippen LogP contribution in [0.25, 0.3) is 0 Å². The first-order valence-corrected chi connectivity index (χ1v) is 7.82. The zero-order chi connectivity index (χ0) is 17.8. The van der Waals surface area contributed by atoms with Gasteiger partial charge in [-0.2, -0.15) is 0 Å². The van der Waals surface area contributed by atoms with E-state index in [0.717, 1.165) is 5.69 Å². The maximum atomic E-state index is 12.4. The van der Waals surface area contributed by atoms with Crippen LogP contribution in [0.2, 0.25) is 0 Å². The number of ether oxygens (including phenoxy) is 1. The van der Waals surface area contributed by atoms with Gasteiger partial charge in [-0.15, -0.1) is 0 Å². The van der Waals surface area contributed by atoms with E-state index in [1.54, 1.807) is 39.8 Å². The fraction of sp³-hybridized carbons (Fsp3) is 0.556. The molecule has 5 nitrogen and oxygen atoms in total. The first-order valence-electron chi connectivity index (χ1n) is 7.82. The second kappa shape index (κ2) is 7.49. The number of hydrogen-bond donors (Lipinski definition) is 0. The van der Waals surface area contributed by atoms with Crippen LogP contribution in [0.1, 0.15) is 46.1 Å². The van der Waals surface area contributed by atoms with Crippen molar-refractivity contribution in [2.45, 2.75) is 46.1 Å². The molecule has 0 heterocycles. The van der Waals surface area contributed by atoms with Gasteiger partial charge >= 0.3 is 6.09 Å². The van der Waals surface area contributed by atoms with Crippen LogP contribution in [0.5, 0.6) is 0 Å². The molecule has 0 aliphatic carbocycles. The van der Waals surface area contributed by atoms with E-state index in [-0.39, 0.29) is 12.5 Å². The minimum Gasteiger partial charge on any atom is -0.444 e. The van der Waals surface area contributed by atoms with E-state index in [2.05, 4.69) is 13.8 Å². The van der Waals surface area contributed by atoms with Crippen LogP contribution in [0.4, 0.5) is 10.5 Å². The number of nitrogens with zero attached hydrogens (tertiary/aromatic N) is 2. The molecule has 0 saturated carbocycles. The van der Waals surface area contributed by atoms with Gasteiger partial charge in [0.05, 0.1) is 0 Å². The lowest BCUT2D eigenvalue weighted by molar-refractivity contribution is -0.119. The molecular weight excluding hydrogens is 292 g/mol. The highest BCUT2D eigenvalue weighted by Gasteiger charge is 2.22. The molecular formula is C18H28N2O3. The molecule has 0 aliphatic rings. The number of rotatable bonds is 4. The molecule has 23 heavy (non-hydrogen) atoms. The summed E-state index contributed by atoms with van der Waals surface area (Å²) in [7, 11) is 3.27. The van der Waals surface area contributed by atoms with Crippen molar-refractivity contribution >= 4 is 17.7 Å². The highest BCUT2D eigenvalue weighted by Crippen LogP contribution is 2.21. The summed E-state index contributed by atoms with van der Waals surface area (Å²) >= 11 is 0. The van der Waals surface area contributed by atoms with E-state index in [1.807, 2.05) is 24.3 Å². The van der Waals surface area contributed by atoms with Crippen molar-refractivity contribution < 1.29 is 14.3 Å². The van der Waals surface area contributed by atoms with E-state index in [1.165, 1.54) is 10.5 Å². The van der Waals surface area contributed by atoms with Crippen LogP contribution < -0.4 is 4.90 Å². The van der Waals surface area contributed by atoms with Gasteiger partial charge in [0, 0.05) is 19.8 Å². The Morgan fingerprint density at radius 1 is 1.17 bits per heavy atom. The summed E-state index contributed by atoms with van der Waals surface area (Å²) in [6.45, 7) is 9.57. The predicted octanol–water partition coefficient (Wildman–Crippen LogP) is 3.64. The Labute approximate surface area is 139 Å². The van der Waals surface area contributed by atoms with Crippen LogP contribution in [0, 0.1) is 0 Å². The van der Waals surface area contributed by atoms with Crippen LogP contribution >= 0.6 is 0 Å². The maximum absolute atomic E-state index is 12.4. The summed E-state index contributed by atoms with van der Waals surface area (Å²) in [6.07, 6.45) is -0.504. The maximum Gasteiger partial charge on any atom is 0.410 e. The van der Waals surface area contributed by atoms with Crippen LogP contribution in [-0.4, -0.2) is 43.1 Å².